The first-order valence-corrected chi connectivity index (χ1v) is 10.8. The lowest BCUT2D eigenvalue weighted by atomic mass is 10.1. The number of carbonyl (C=O) groups is 1. The van der Waals surface area contributed by atoms with E-state index in [2.05, 4.69) is 46.2 Å². The first-order valence-electron chi connectivity index (χ1n) is 10.8. The molecule has 1 aromatic heterocycles. The van der Waals surface area contributed by atoms with E-state index < -0.39 is 0 Å². The molecule has 4 rings (SSSR count). The number of benzene rings is 2. The molecule has 1 aliphatic rings. The fraction of sp³-hybridized carbons (Fsp3) is 0.320. The lowest BCUT2D eigenvalue weighted by Gasteiger charge is -2.35. The van der Waals surface area contributed by atoms with Crippen molar-refractivity contribution in [3.8, 4) is 0 Å². The Kier molecular flexibility index (Phi) is 6.16. The molecule has 1 N–H and O–H groups in total. The number of nitrogens with zero attached hydrogens (tertiary/aromatic N) is 4. The molecule has 160 valence electrons. The van der Waals surface area contributed by atoms with Gasteiger partial charge >= 0.3 is 0 Å². The van der Waals surface area contributed by atoms with Crippen LogP contribution in [0.3, 0.4) is 0 Å². The Bertz CT molecular complexity index is 1040. The Morgan fingerprint density at radius 2 is 1.61 bits per heavy atom. The van der Waals surface area contributed by atoms with Crippen molar-refractivity contribution < 1.29 is 4.79 Å². The van der Waals surface area contributed by atoms with E-state index in [1.165, 1.54) is 11.1 Å². The predicted molar refractivity (Wildman–Crippen MR) is 125 cm³/mol. The Morgan fingerprint density at radius 3 is 2.26 bits per heavy atom. The minimum absolute atomic E-state index is 0.0999. The van der Waals surface area contributed by atoms with Crippen LogP contribution in [0.25, 0.3) is 0 Å². The first-order chi connectivity index (χ1) is 15.0. The summed E-state index contributed by atoms with van der Waals surface area (Å²) in [6.07, 6.45) is 0.978. The van der Waals surface area contributed by atoms with Crippen molar-refractivity contribution in [3.63, 3.8) is 0 Å². The summed E-state index contributed by atoms with van der Waals surface area (Å²) in [4.78, 5) is 26.2. The smallest absolute Gasteiger partial charge is 0.253 e. The third-order valence-electron chi connectivity index (χ3n) is 5.65. The van der Waals surface area contributed by atoms with E-state index in [1.807, 2.05) is 54.3 Å². The van der Waals surface area contributed by atoms with Gasteiger partial charge in [-0.25, -0.2) is 9.97 Å². The average Bonchev–Trinajstić information content (AvgIpc) is 2.80. The van der Waals surface area contributed by atoms with Crippen LogP contribution in [-0.4, -0.2) is 47.0 Å². The number of anilines is 3. The molecule has 0 radical (unpaired) electrons. The molecular formula is C25H29N5O. The van der Waals surface area contributed by atoms with Gasteiger partial charge in [0.15, 0.2) is 0 Å². The maximum atomic E-state index is 12.8. The highest BCUT2D eigenvalue weighted by Crippen LogP contribution is 2.22. The molecule has 2 heterocycles. The van der Waals surface area contributed by atoms with Gasteiger partial charge in [0, 0.05) is 43.5 Å². The normalized spacial score (nSPS) is 13.9. The topological polar surface area (TPSA) is 61.4 Å². The Morgan fingerprint density at radius 1 is 0.935 bits per heavy atom. The number of amides is 1. The molecule has 1 aliphatic heterocycles. The van der Waals surface area contributed by atoms with E-state index in [0.717, 1.165) is 48.2 Å². The molecule has 0 saturated carbocycles. The van der Waals surface area contributed by atoms with Gasteiger partial charge in [0.05, 0.1) is 0 Å². The second kappa shape index (κ2) is 9.16. The minimum Gasteiger partial charge on any atom is -0.353 e. The Balaban J connectivity index is 1.41. The maximum absolute atomic E-state index is 12.8. The quantitative estimate of drug-likeness (QED) is 0.671. The van der Waals surface area contributed by atoms with Crippen LogP contribution in [-0.2, 0) is 6.42 Å². The van der Waals surface area contributed by atoms with Crippen LogP contribution < -0.4 is 10.2 Å². The van der Waals surface area contributed by atoms with Crippen molar-refractivity contribution in [2.75, 3.05) is 36.4 Å². The van der Waals surface area contributed by atoms with Crippen LogP contribution in [0.4, 0.5) is 17.3 Å². The van der Waals surface area contributed by atoms with Gasteiger partial charge in [-0.1, -0.05) is 36.8 Å². The fourth-order valence-electron chi connectivity index (χ4n) is 3.77. The van der Waals surface area contributed by atoms with Crippen LogP contribution in [0.5, 0.6) is 0 Å². The van der Waals surface area contributed by atoms with Gasteiger partial charge in [0.25, 0.3) is 5.91 Å². The summed E-state index contributed by atoms with van der Waals surface area (Å²) in [5, 5.41) is 3.37. The molecule has 6 nitrogen and oxygen atoms in total. The van der Waals surface area contributed by atoms with E-state index in [4.69, 9.17) is 0 Å². The number of aromatic nitrogens is 2. The van der Waals surface area contributed by atoms with Gasteiger partial charge in [0.2, 0.25) is 0 Å². The molecule has 1 fully saturated rings. The van der Waals surface area contributed by atoms with Crippen LogP contribution in [0.1, 0.15) is 34.2 Å². The molecule has 3 aromatic rings. The molecule has 0 aliphatic carbocycles. The third kappa shape index (κ3) is 5.02. The zero-order valence-electron chi connectivity index (χ0n) is 18.4. The van der Waals surface area contributed by atoms with E-state index in [9.17, 15) is 4.79 Å². The highest BCUT2D eigenvalue weighted by atomic mass is 16.2. The lowest BCUT2D eigenvalue weighted by Crippen LogP contribution is -2.49. The first kappa shape index (κ1) is 20.8. The van der Waals surface area contributed by atoms with Crippen molar-refractivity contribution in [2.45, 2.75) is 27.2 Å². The van der Waals surface area contributed by atoms with Gasteiger partial charge in [-0.2, -0.15) is 0 Å². The molecule has 0 spiro atoms. The number of carbonyl (C=O) groups excluding carboxylic acids is 1. The Hall–Kier alpha value is -3.41. The van der Waals surface area contributed by atoms with Crippen molar-refractivity contribution in [1.82, 2.24) is 14.9 Å². The largest absolute Gasteiger partial charge is 0.353 e. The molecule has 6 heteroatoms. The Labute approximate surface area is 183 Å². The van der Waals surface area contributed by atoms with E-state index >= 15 is 0 Å². The molecule has 1 saturated heterocycles. The molecular weight excluding hydrogens is 386 g/mol. The highest BCUT2D eigenvalue weighted by Gasteiger charge is 2.23. The summed E-state index contributed by atoms with van der Waals surface area (Å²) in [5.41, 5.74) is 4.22. The number of aryl methyl sites for hydroxylation is 3. The maximum Gasteiger partial charge on any atom is 0.253 e. The third-order valence-corrected chi connectivity index (χ3v) is 5.65. The van der Waals surface area contributed by atoms with Crippen LogP contribution in [0.15, 0.2) is 54.6 Å². The van der Waals surface area contributed by atoms with Crippen molar-refractivity contribution in [2.24, 2.45) is 0 Å². The molecule has 0 bridgehead atoms. The standard InChI is InChI=1S/C25H29N5O/c1-4-20-7-9-21(10-8-20)25(31)30-15-13-29(14-16-30)24-17-23(26-19(3)27-24)28-22-11-5-18(2)6-12-22/h5-12,17H,4,13-16H2,1-3H3,(H,26,27,28). The lowest BCUT2D eigenvalue weighted by molar-refractivity contribution is 0.0746. The SMILES string of the molecule is CCc1ccc(C(=O)N2CCN(c3cc(Nc4ccc(C)cc4)nc(C)n3)CC2)cc1. The second-order valence-electron chi connectivity index (χ2n) is 7.98. The monoisotopic (exact) mass is 415 g/mol. The van der Waals surface area contributed by atoms with Gasteiger partial charge in [-0.15, -0.1) is 0 Å². The van der Waals surface area contributed by atoms with Crippen LogP contribution in [0.2, 0.25) is 0 Å². The zero-order valence-corrected chi connectivity index (χ0v) is 18.4. The summed E-state index contributed by atoms with van der Waals surface area (Å²) in [6.45, 7) is 8.95. The van der Waals surface area contributed by atoms with E-state index in [0.29, 0.717) is 13.1 Å². The van der Waals surface area contributed by atoms with Crippen molar-refractivity contribution in [3.05, 3.63) is 77.1 Å². The molecule has 0 atom stereocenters. The van der Waals surface area contributed by atoms with Crippen molar-refractivity contribution >= 4 is 23.2 Å². The number of hydrogen-bond acceptors (Lipinski definition) is 5. The fourth-order valence-corrected chi connectivity index (χ4v) is 3.77. The zero-order chi connectivity index (χ0) is 21.8. The number of rotatable bonds is 5. The average molecular weight is 416 g/mol. The summed E-state index contributed by atoms with van der Waals surface area (Å²) in [7, 11) is 0. The molecule has 31 heavy (non-hydrogen) atoms. The molecule has 2 aromatic carbocycles. The van der Waals surface area contributed by atoms with Crippen LogP contribution >= 0.6 is 0 Å². The molecule has 0 unspecified atom stereocenters. The van der Waals surface area contributed by atoms with Crippen LogP contribution in [0, 0.1) is 13.8 Å². The summed E-state index contributed by atoms with van der Waals surface area (Å²) < 4.78 is 0. The summed E-state index contributed by atoms with van der Waals surface area (Å²) in [6, 6.07) is 18.2. The summed E-state index contributed by atoms with van der Waals surface area (Å²) >= 11 is 0. The number of hydrogen-bond donors (Lipinski definition) is 1. The highest BCUT2D eigenvalue weighted by molar-refractivity contribution is 5.94. The number of nitrogens with one attached hydrogen (secondary N) is 1. The second-order valence-corrected chi connectivity index (χ2v) is 7.98. The number of piperazine rings is 1. The van der Waals surface area contributed by atoms with E-state index in [-0.39, 0.29) is 5.91 Å². The van der Waals surface area contributed by atoms with Gasteiger partial charge in [0.1, 0.15) is 17.5 Å². The minimum atomic E-state index is 0.0999. The van der Waals surface area contributed by atoms with E-state index in [1.54, 1.807) is 0 Å². The summed E-state index contributed by atoms with van der Waals surface area (Å²) in [5.74, 6) is 2.49. The van der Waals surface area contributed by atoms with Gasteiger partial charge in [-0.05, 0) is 50.1 Å². The van der Waals surface area contributed by atoms with Crippen molar-refractivity contribution in [1.29, 1.82) is 0 Å². The predicted octanol–water partition coefficient (Wildman–Crippen LogP) is 4.36. The van der Waals surface area contributed by atoms with Gasteiger partial charge < -0.3 is 15.1 Å². The molecule has 1 amide bonds. The van der Waals surface area contributed by atoms with Gasteiger partial charge in [-0.3, -0.25) is 4.79 Å².